The molecule has 0 radical (unpaired) electrons. The average molecular weight is 284 g/mol. The number of rotatable bonds is 12. The van der Waals surface area contributed by atoms with Gasteiger partial charge in [0, 0.05) is 19.0 Å². The first kappa shape index (κ1) is 19.5. The second kappa shape index (κ2) is 11.2. The molecule has 2 nitrogen and oxygen atoms in total. The molecule has 0 fully saturated rings. The summed E-state index contributed by atoms with van der Waals surface area (Å²) in [5, 5.41) is 0. The first-order valence-corrected chi connectivity index (χ1v) is 8.77. The minimum absolute atomic E-state index is 0.133. The Kier molecular flexibility index (Phi) is 10.9. The molecular formula is C18H37NO. The number of carbonyl (C=O) groups is 1. The molecule has 20 heavy (non-hydrogen) atoms. The quantitative estimate of drug-likeness (QED) is 0.438. The van der Waals surface area contributed by atoms with E-state index in [1.54, 1.807) is 0 Å². The summed E-state index contributed by atoms with van der Waals surface area (Å²) < 4.78 is 0. The lowest BCUT2D eigenvalue weighted by Gasteiger charge is -2.32. The second-order valence-corrected chi connectivity index (χ2v) is 6.50. The molecule has 0 unspecified atom stereocenters. The van der Waals surface area contributed by atoms with Gasteiger partial charge in [0.25, 0.3) is 0 Å². The van der Waals surface area contributed by atoms with E-state index < -0.39 is 0 Å². The normalized spacial score (nSPS) is 11.7. The summed E-state index contributed by atoms with van der Waals surface area (Å²) in [5.74, 6) is 0.355. The Hall–Kier alpha value is -0.530. The highest BCUT2D eigenvalue weighted by atomic mass is 16.2. The third-order valence-electron chi connectivity index (χ3n) is 4.50. The summed E-state index contributed by atoms with van der Waals surface area (Å²) in [6.07, 6.45) is 12.2. The smallest absolute Gasteiger partial charge is 0.228 e. The van der Waals surface area contributed by atoms with Crippen LogP contribution in [0.2, 0.25) is 0 Å². The Labute approximate surface area is 127 Å². The van der Waals surface area contributed by atoms with Gasteiger partial charge in [-0.2, -0.15) is 0 Å². The highest BCUT2D eigenvalue weighted by Crippen LogP contribution is 2.33. The van der Waals surface area contributed by atoms with Crippen molar-refractivity contribution in [3.8, 4) is 0 Å². The van der Waals surface area contributed by atoms with Crippen molar-refractivity contribution in [3.05, 3.63) is 0 Å². The number of nitrogens with zero attached hydrogens (tertiary/aromatic N) is 1. The van der Waals surface area contributed by atoms with Crippen LogP contribution in [0, 0.1) is 5.41 Å². The van der Waals surface area contributed by atoms with Gasteiger partial charge in [0.15, 0.2) is 0 Å². The lowest BCUT2D eigenvalue weighted by atomic mass is 9.78. The van der Waals surface area contributed by atoms with Crippen molar-refractivity contribution in [3.63, 3.8) is 0 Å². The van der Waals surface area contributed by atoms with Crippen LogP contribution in [0.15, 0.2) is 0 Å². The maximum absolute atomic E-state index is 12.6. The lowest BCUT2D eigenvalue weighted by Crippen LogP contribution is -2.40. The number of hydrogen-bond donors (Lipinski definition) is 0. The standard InChI is InChI=1S/C18H37NO/c1-6-9-11-13-15-18(4,16-14-12-10-7-2)17(20)19(5)8-3/h6-16H2,1-5H3. The Morgan fingerprint density at radius 3 is 1.65 bits per heavy atom. The zero-order valence-corrected chi connectivity index (χ0v) is 14.6. The van der Waals surface area contributed by atoms with Crippen molar-refractivity contribution in [2.24, 2.45) is 5.41 Å². The van der Waals surface area contributed by atoms with E-state index in [2.05, 4.69) is 27.7 Å². The van der Waals surface area contributed by atoms with Crippen molar-refractivity contribution < 1.29 is 4.79 Å². The molecule has 0 aromatic heterocycles. The van der Waals surface area contributed by atoms with E-state index in [-0.39, 0.29) is 5.41 Å². The van der Waals surface area contributed by atoms with Gasteiger partial charge in [0.2, 0.25) is 5.91 Å². The first-order valence-electron chi connectivity index (χ1n) is 8.77. The van der Waals surface area contributed by atoms with E-state index in [9.17, 15) is 4.79 Å². The zero-order valence-electron chi connectivity index (χ0n) is 14.6. The van der Waals surface area contributed by atoms with Crippen molar-refractivity contribution in [1.29, 1.82) is 0 Å². The van der Waals surface area contributed by atoms with E-state index in [0.29, 0.717) is 5.91 Å². The van der Waals surface area contributed by atoms with Gasteiger partial charge < -0.3 is 4.90 Å². The predicted molar refractivity (Wildman–Crippen MR) is 88.9 cm³/mol. The summed E-state index contributed by atoms with van der Waals surface area (Å²) in [6, 6.07) is 0. The second-order valence-electron chi connectivity index (χ2n) is 6.50. The van der Waals surface area contributed by atoms with E-state index in [1.165, 1.54) is 51.4 Å². The summed E-state index contributed by atoms with van der Waals surface area (Å²) in [7, 11) is 1.94. The van der Waals surface area contributed by atoms with Crippen LogP contribution in [0.3, 0.4) is 0 Å². The van der Waals surface area contributed by atoms with Crippen LogP contribution in [0.1, 0.15) is 91.9 Å². The van der Waals surface area contributed by atoms with Crippen LogP contribution in [0.4, 0.5) is 0 Å². The van der Waals surface area contributed by atoms with Gasteiger partial charge in [-0.3, -0.25) is 4.79 Å². The summed E-state index contributed by atoms with van der Waals surface area (Å²) in [5.41, 5.74) is -0.133. The van der Waals surface area contributed by atoms with E-state index in [1.807, 2.05) is 11.9 Å². The average Bonchev–Trinajstić information content (AvgIpc) is 2.46. The monoisotopic (exact) mass is 283 g/mol. The van der Waals surface area contributed by atoms with E-state index in [0.717, 1.165) is 19.4 Å². The minimum Gasteiger partial charge on any atom is -0.346 e. The maximum atomic E-state index is 12.6. The summed E-state index contributed by atoms with van der Waals surface area (Å²) in [6.45, 7) is 9.55. The van der Waals surface area contributed by atoms with Gasteiger partial charge in [0.05, 0.1) is 0 Å². The molecule has 0 aliphatic heterocycles. The van der Waals surface area contributed by atoms with Crippen LogP contribution in [-0.2, 0) is 4.79 Å². The van der Waals surface area contributed by atoms with Gasteiger partial charge in [-0.15, -0.1) is 0 Å². The van der Waals surface area contributed by atoms with Crippen molar-refractivity contribution in [2.45, 2.75) is 91.9 Å². The van der Waals surface area contributed by atoms with Crippen LogP contribution >= 0.6 is 0 Å². The van der Waals surface area contributed by atoms with Crippen molar-refractivity contribution >= 4 is 5.91 Å². The first-order chi connectivity index (χ1) is 9.51. The SMILES string of the molecule is CCCCCCC(C)(CCCCCC)C(=O)N(C)CC. The number of carbonyl (C=O) groups excluding carboxylic acids is 1. The molecular weight excluding hydrogens is 246 g/mol. The maximum Gasteiger partial charge on any atom is 0.228 e. The molecule has 0 rings (SSSR count). The molecule has 2 heteroatoms. The molecule has 0 saturated carbocycles. The van der Waals surface area contributed by atoms with Crippen molar-refractivity contribution in [2.75, 3.05) is 13.6 Å². The molecule has 0 aliphatic rings. The molecule has 1 amide bonds. The highest BCUT2D eigenvalue weighted by Gasteiger charge is 2.33. The van der Waals surface area contributed by atoms with Crippen LogP contribution in [0.25, 0.3) is 0 Å². The van der Waals surface area contributed by atoms with Gasteiger partial charge >= 0.3 is 0 Å². The van der Waals surface area contributed by atoms with Crippen molar-refractivity contribution in [1.82, 2.24) is 4.90 Å². The Bertz CT molecular complexity index is 238. The van der Waals surface area contributed by atoms with Gasteiger partial charge in [-0.1, -0.05) is 72.1 Å². The minimum atomic E-state index is -0.133. The molecule has 0 saturated heterocycles. The van der Waals surface area contributed by atoms with Gasteiger partial charge in [0.1, 0.15) is 0 Å². The molecule has 0 aromatic rings. The topological polar surface area (TPSA) is 20.3 Å². The molecule has 0 N–H and O–H groups in total. The Morgan fingerprint density at radius 1 is 0.850 bits per heavy atom. The fourth-order valence-electron chi connectivity index (χ4n) is 2.83. The Balaban J connectivity index is 4.45. The molecule has 120 valence electrons. The third kappa shape index (κ3) is 7.31. The lowest BCUT2D eigenvalue weighted by molar-refractivity contribution is -0.140. The molecule has 0 atom stereocenters. The third-order valence-corrected chi connectivity index (χ3v) is 4.50. The largest absolute Gasteiger partial charge is 0.346 e. The highest BCUT2D eigenvalue weighted by molar-refractivity contribution is 5.82. The number of unbranched alkanes of at least 4 members (excludes halogenated alkanes) is 6. The number of amides is 1. The summed E-state index contributed by atoms with van der Waals surface area (Å²) >= 11 is 0. The van der Waals surface area contributed by atoms with Crippen LogP contribution < -0.4 is 0 Å². The van der Waals surface area contributed by atoms with E-state index in [4.69, 9.17) is 0 Å². The summed E-state index contributed by atoms with van der Waals surface area (Å²) in [4.78, 5) is 14.6. The predicted octanol–water partition coefficient (Wildman–Crippen LogP) is 5.41. The van der Waals surface area contributed by atoms with Crippen LogP contribution in [0.5, 0.6) is 0 Å². The van der Waals surface area contributed by atoms with Gasteiger partial charge in [-0.25, -0.2) is 0 Å². The molecule has 0 bridgehead atoms. The molecule has 0 spiro atoms. The van der Waals surface area contributed by atoms with Crippen LogP contribution in [-0.4, -0.2) is 24.4 Å². The fraction of sp³-hybridized carbons (Fsp3) is 0.944. The number of hydrogen-bond acceptors (Lipinski definition) is 1. The van der Waals surface area contributed by atoms with Gasteiger partial charge in [-0.05, 0) is 19.8 Å². The fourth-order valence-corrected chi connectivity index (χ4v) is 2.83. The van der Waals surface area contributed by atoms with E-state index >= 15 is 0 Å². The molecule has 0 aliphatic carbocycles. The molecule has 0 aromatic carbocycles. The zero-order chi connectivity index (χ0) is 15.4. The molecule has 0 heterocycles. The Morgan fingerprint density at radius 2 is 1.30 bits per heavy atom.